The van der Waals surface area contributed by atoms with E-state index in [1.54, 1.807) is 0 Å². The van der Waals surface area contributed by atoms with E-state index >= 15 is 0 Å². The van der Waals surface area contributed by atoms with Gasteiger partial charge in [0, 0.05) is 12.1 Å². The highest BCUT2D eigenvalue weighted by Crippen LogP contribution is 2.39. The van der Waals surface area contributed by atoms with Crippen LogP contribution in [0.2, 0.25) is 0 Å². The Bertz CT molecular complexity index is 451. The van der Waals surface area contributed by atoms with Gasteiger partial charge < -0.3 is 9.64 Å². The first-order valence-electron chi connectivity index (χ1n) is 7.81. The minimum Gasteiger partial charge on any atom is -0.491 e. The average molecular weight is 338 g/mol. The summed E-state index contributed by atoms with van der Waals surface area (Å²) in [6.45, 7) is 3.20. The number of nitrogens with zero attached hydrogens (tertiary/aromatic N) is 1. The third kappa shape index (κ3) is 4.34. The smallest absolute Gasteiger partial charge is 0.391 e. The molecule has 2 aliphatic rings. The van der Waals surface area contributed by atoms with E-state index in [0.717, 1.165) is 22.9 Å². The van der Waals surface area contributed by atoms with Gasteiger partial charge in [-0.05, 0) is 44.1 Å². The second-order valence-corrected chi connectivity index (χ2v) is 6.67. The van der Waals surface area contributed by atoms with Crippen LogP contribution in [0.1, 0.15) is 39.0 Å². The van der Waals surface area contributed by atoms with Crippen LogP contribution in [0, 0.1) is 11.8 Å². The van der Waals surface area contributed by atoms with Crippen LogP contribution in [0.15, 0.2) is 22.6 Å². The van der Waals surface area contributed by atoms with Crippen molar-refractivity contribution in [3.63, 3.8) is 0 Å². The van der Waals surface area contributed by atoms with Crippen molar-refractivity contribution in [2.24, 2.45) is 11.8 Å². The van der Waals surface area contributed by atoms with Gasteiger partial charge in [-0.1, -0.05) is 18.5 Å². The largest absolute Gasteiger partial charge is 0.491 e. The minimum atomic E-state index is -4.05. The minimum absolute atomic E-state index is 0.198. The van der Waals surface area contributed by atoms with E-state index in [1.165, 1.54) is 0 Å². The molecule has 0 saturated heterocycles. The molecular weight excluding hydrogens is 315 g/mol. The van der Waals surface area contributed by atoms with Crippen molar-refractivity contribution in [3.05, 3.63) is 22.6 Å². The summed E-state index contributed by atoms with van der Waals surface area (Å²) in [6, 6.07) is 0. The van der Waals surface area contributed by atoms with E-state index in [-0.39, 0.29) is 18.8 Å². The van der Waals surface area contributed by atoms with Crippen molar-refractivity contribution in [2.75, 3.05) is 20.2 Å². The fraction of sp³-hybridized carbons (Fsp3) is 0.750. The van der Waals surface area contributed by atoms with Crippen LogP contribution in [0.25, 0.3) is 0 Å². The number of halogens is 4. The van der Waals surface area contributed by atoms with Crippen LogP contribution in [0.5, 0.6) is 0 Å². The summed E-state index contributed by atoms with van der Waals surface area (Å²) < 4.78 is 43.9. The summed E-state index contributed by atoms with van der Waals surface area (Å²) in [6.07, 6.45) is 0.209. The summed E-state index contributed by atoms with van der Waals surface area (Å²) in [4.78, 5) is 2.05. The number of likely N-dealkylation sites (N-methyl/N-ethyl adjacent to an activating group) is 1. The molecule has 6 heteroatoms. The topological polar surface area (TPSA) is 12.5 Å². The molecule has 0 atom stereocenters. The third-order valence-electron chi connectivity index (χ3n) is 4.54. The molecule has 0 amide bonds. The van der Waals surface area contributed by atoms with Crippen LogP contribution in [-0.2, 0) is 4.74 Å². The molecule has 0 spiro atoms. The third-order valence-corrected chi connectivity index (χ3v) is 4.77. The Morgan fingerprint density at radius 3 is 2.45 bits per heavy atom. The first-order valence-corrected chi connectivity index (χ1v) is 8.19. The molecule has 2 rings (SSSR count). The molecule has 0 unspecified atom stereocenters. The SMILES string of the molecule is CCC1=C(OCC2CCC(C(F)(F)F)CC2)C=C(Cl)CN1C. The fourth-order valence-corrected chi connectivity index (χ4v) is 3.49. The van der Waals surface area contributed by atoms with Crippen LogP contribution in [0.4, 0.5) is 13.2 Å². The molecule has 1 fully saturated rings. The molecule has 0 bridgehead atoms. The van der Waals surface area contributed by atoms with E-state index in [2.05, 4.69) is 11.8 Å². The molecule has 1 saturated carbocycles. The molecule has 1 aliphatic heterocycles. The Hall–Kier alpha value is -0.840. The molecule has 0 N–H and O–H groups in total. The summed E-state index contributed by atoms with van der Waals surface area (Å²) in [7, 11) is 1.96. The van der Waals surface area contributed by atoms with Crippen molar-refractivity contribution >= 4 is 11.6 Å². The second kappa shape index (κ2) is 7.16. The number of allylic oxidation sites excluding steroid dienone is 2. The highest BCUT2D eigenvalue weighted by molar-refractivity contribution is 6.30. The van der Waals surface area contributed by atoms with Crippen molar-refractivity contribution in [1.82, 2.24) is 4.90 Å². The van der Waals surface area contributed by atoms with E-state index in [0.29, 0.717) is 26.0 Å². The standard InChI is InChI=1S/C16H23ClF3NO/c1-3-14-15(8-13(17)9-21(14)2)22-10-11-4-6-12(7-5-11)16(18,19)20/h8,11-12H,3-7,9-10H2,1-2H3. The lowest BCUT2D eigenvalue weighted by Gasteiger charge is -2.31. The Balaban J connectivity index is 1.88. The molecule has 1 heterocycles. The number of rotatable bonds is 4. The van der Waals surface area contributed by atoms with Crippen LogP contribution >= 0.6 is 11.6 Å². The van der Waals surface area contributed by atoms with Gasteiger partial charge in [-0.15, -0.1) is 0 Å². The lowest BCUT2D eigenvalue weighted by Crippen LogP contribution is -2.29. The van der Waals surface area contributed by atoms with Gasteiger partial charge >= 0.3 is 6.18 Å². The summed E-state index contributed by atoms with van der Waals surface area (Å²) >= 11 is 6.10. The first kappa shape index (κ1) is 17.5. The Kier molecular flexibility index (Phi) is 5.70. The Labute approximate surface area is 134 Å². The van der Waals surface area contributed by atoms with Gasteiger partial charge in [-0.3, -0.25) is 0 Å². The number of ether oxygens (including phenoxy) is 1. The zero-order valence-corrected chi connectivity index (χ0v) is 13.8. The normalized spacial score (nSPS) is 27.0. The summed E-state index contributed by atoms with van der Waals surface area (Å²) in [5.74, 6) is -0.174. The Morgan fingerprint density at radius 2 is 1.91 bits per heavy atom. The zero-order chi connectivity index (χ0) is 16.3. The van der Waals surface area contributed by atoms with E-state index in [9.17, 15) is 13.2 Å². The molecule has 126 valence electrons. The molecule has 0 radical (unpaired) electrons. The monoisotopic (exact) mass is 337 g/mol. The second-order valence-electron chi connectivity index (χ2n) is 6.18. The summed E-state index contributed by atoms with van der Waals surface area (Å²) in [5.41, 5.74) is 1.09. The average Bonchev–Trinajstić information content (AvgIpc) is 2.44. The molecule has 0 aromatic heterocycles. The molecule has 1 aliphatic carbocycles. The highest BCUT2D eigenvalue weighted by Gasteiger charge is 2.41. The maximum Gasteiger partial charge on any atom is 0.391 e. The zero-order valence-electron chi connectivity index (χ0n) is 13.0. The van der Waals surface area contributed by atoms with Gasteiger partial charge in [0.05, 0.1) is 24.8 Å². The molecule has 2 nitrogen and oxygen atoms in total. The van der Waals surface area contributed by atoms with Gasteiger partial charge in [0.2, 0.25) is 0 Å². The van der Waals surface area contributed by atoms with Crippen molar-refractivity contribution in [2.45, 2.75) is 45.2 Å². The van der Waals surface area contributed by atoms with Gasteiger partial charge in [0.25, 0.3) is 0 Å². The lowest BCUT2D eigenvalue weighted by molar-refractivity contribution is -0.184. The van der Waals surface area contributed by atoms with E-state index in [1.807, 2.05) is 13.1 Å². The molecular formula is C16H23ClF3NO. The fourth-order valence-electron chi connectivity index (χ4n) is 3.21. The van der Waals surface area contributed by atoms with Crippen LogP contribution in [-0.4, -0.2) is 31.3 Å². The first-order chi connectivity index (χ1) is 10.3. The lowest BCUT2D eigenvalue weighted by atomic mass is 9.82. The molecule has 22 heavy (non-hydrogen) atoms. The van der Waals surface area contributed by atoms with Gasteiger partial charge in [-0.25, -0.2) is 0 Å². The van der Waals surface area contributed by atoms with Gasteiger partial charge in [-0.2, -0.15) is 13.2 Å². The number of hydrogen-bond acceptors (Lipinski definition) is 2. The van der Waals surface area contributed by atoms with Gasteiger partial charge in [0.1, 0.15) is 5.76 Å². The highest BCUT2D eigenvalue weighted by atomic mass is 35.5. The van der Waals surface area contributed by atoms with Crippen molar-refractivity contribution < 1.29 is 17.9 Å². The number of hydrogen-bond donors (Lipinski definition) is 0. The summed E-state index contributed by atoms with van der Waals surface area (Å²) in [5, 5.41) is 0.718. The maximum atomic E-state index is 12.7. The van der Waals surface area contributed by atoms with Gasteiger partial charge in [0.15, 0.2) is 0 Å². The van der Waals surface area contributed by atoms with Crippen molar-refractivity contribution in [3.8, 4) is 0 Å². The maximum absolute atomic E-state index is 12.7. The predicted octanol–water partition coefficient (Wildman–Crippen LogP) is 5.06. The Morgan fingerprint density at radius 1 is 1.27 bits per heavy atom. The van der Waals surface area contributed by atoms with E-state index < -0.39 is 12.1 Å². The number of alkyl halides is 3. The quantitative estimate of drug-likeness (QED) is 0.710. The van der Waals surface area contributed by atoms with E-state index in [4.69, 9.17) is 16.3 Å². The van der Waals surface area contributed by atoms with Crippen molar-refractivity contribution in [1.29, 1.82) is 0 Å². The van der Waals surface area contributed by atoms with Crippen LogP contribution < -0.4 is 0 Å². The molecule has 0 aromatic carbocycles. The molecule has 0 aromatic rings. The van der Waals surface area contributed by atoms with Crippen LogP contribution in [0.3, 0.4) is 0 Å². The predicted molar refractivity (Wildman–Crippen MR) is 81.3 cm³/mol.